The number of ether oxygens (including phenoxy) is 4. The number of methoxy groups -OCH3 is 1. The number of aliphatic hydroxyl groups is 2. The van der Waals surface area contributed by atoms with E-state index in [9.17, 15) is 20.3 Å². The molecule has 9 nitrogen and oxygen atoms in total. The van der Waals surface area contributed by atoms with Crippen LogP contribution in [-0.4, -0.2) is 70.9 Å². The molecule has 0 aromatic heterocycles. The van der Waals surface area contributed by atoms with Gasteiger partial charge in [0.25, 0.3) is 5.54 Å². The average Bonchev–Trinajstić information content (AvgIpc) is 2.48. The van der Waals surface area contributed by atoms with Gasteiger partial charge in [0.05, 0.1) is 24.7 Å². The second-order valence-electron chi connectivity index (χ2n) is 6.45. The zero-order valence-electron chi connectivity index (χ0n) is 13.7. The highest BCUT2D eigenvalue weighted by atomic mass is 16.7. The lowest BCUT2D eigenvalue weighted by Crippen LogP contribution is -2.62. The molecule has 2 rings (SSSR count). The SMILES string of the molecule is CO[C@H]1C[C@@](C)([N+](=O)[O-])[C@@H](O[C@H]2C[C@H](O)[C@H](O)[C@H](C)O2)[C@H](C)O1. The van der Waals surface area contributed by atoms with Crippen LogP contribution in [0.4, 0.5) is 0 Å². The van der Waals surface area contributed by atoms with E-state index in [0.717, 1.165) is 0 Å². The molecule has 9 heteroatoms. The van der Waals surface area contributed by atoms with Gasteiger partial charge in [-0.25, -0.2) is 0 Å². The highest BCUT2D eigenvalue weighted by molar-refractivity contribution is 4.94. The Hall–Kier alpha value is -0.840. The Labute approximate surface area is 134 Å². The first-order valence-electron chi connectivity index (χ1n) is 7.68. The van der Waals surface area contributed by atoms with Crippen molar-refractivity contribution in [2.24, 2.45) is 0 Å². The highest BCUT2D eigenvalue weighted by Gasteiger charge is 2.56. The van der Waals surface area contributed by atoms with Gasteiger partial charge in [0.2, 0.25) is 0 Å². The zero-order valence-corrected chi connectivity index (χ0v) is 13.7. The fourth-order valence-electron chi connectivity index (χ4n) is 3.17. The van der Waals surface area contributed by atoms with E-state index in [1.807, 2.05) is 0 Å². The van der Waals surface area contributed by atoms with E-state index >= 15 is 0 Å². The van der Waals surface area contributed by atoms with Gasteiger partial charge >= 0.3 is 0 Å². The summed E-state index contributed by atoms with van der Waals surface area (Å²) in [5, 5.41) is 31.1. The van der Waals surface area contributed by atoms with Crippen molar-refractivity contribution >= 4 is 0 Å². The third-order valence-electron chi connectivity index (χ3n) is 4.64. The molecular weight excluding hydrogens is 310 g/mol. The van der Waals surface area contributed by atoms with Crippen molar-refractivity contribution in [2.45, 2.75) is 82.3 Å². The van der Waals surface area contributed by atoms with Crippen LogP contribution >= 0.6 is 0 Å². The summed E-state index contributed by atoms with van der Waals surface area (Å²) in [6, 6.07) is 0. The fourth-order valence-corrected chi connectivity index (χ4v) is 3.17. The predicted molar refractivity (Wildman–Crippen MR) is 77.2 cm³/mol. The summed E-state index contributed by atoms with van der Waals surface area (Å²) in [4.78, 5) is 11.2. The summed E-state index contributed by atoms with van der Waals surface area (Å²) in [7, 11) is 1.43. The second-order valence-corrected chi connectivity index (χ2v) is 6.45. The minimum absolute atomic E-state index is 0.0379. The van der Waals surface area contributed by atoms with Crippen LogP contribution in [0.3, 0.4) is 0 Å². The molecule has 23 heavy (non-hydrogen) atoms. The van der Waals surface area contributed by atoms with Crippen molar-refractivity contribution < 1.29 is 34.1 Å². The van der Waals surface area contributed by atoms with E-state index in [0.29, 0.717) is 0 Å². The minimum Gasteiger partial charge on any atom is -0.390 e. The van der Waals surface area contributed by atoms with Crippen LogP contribution < -0.4 is 0 Å². The normalized spacial score (nSPS) is 48.2. The van der Waals surface area contributed by atoms with E-state index in [2.05, 4.69) is 0 Å². The van der Waals surface area contributed by atoms with Crippen molar-refractivity contribution in [3.8, 4) is 0 Å². The van der Waals surface area contributed by atoms with Gasteiger partial charge in [-0.05, 0) is 13.8 Å². The van der Waals surface area contributed by atoms with Crippen LogP contribution in [0.1, 0.15) is 33.6 Å². The van der Waals surface area contributed by atoms with Crippen molar-refractivity contribution in [1.82, 2.24) is 0 Å². The van der Waals surface area contributed by atoms with Crippen molar-refractivity contribution in [3.63, 3.8) is 0 Å². The summed E-state index contributed by atoms with van der Waals surface area (Å²) >= 11 is 0. The van der Waals surface area contributed by atoms with Gasteiger partial charge in [0.1, 0.15) is 6.10 Å². The van der Waals surface area contributed by atoms with Crippen molar-refractivity contribution in [2.75, 3.05) is 7.11 Å². The summed E-state index contributed by atoms with van der Waals surface area (Å²) in [5.41, 5.74) is -1.41. The van der Waals surface area contributed by atoms with Crippen molar-refractivity contribution in [1.29, 1.82) is 0 Å². The molecular formula is C14H25NO8. The molecule has 2 aliphatic rings. The van der Waals surface area contributed by atoms with Crippen LogP contribution in [0.15, 0.2) is 0 Å². The van der Waals surface area contributed by atoms with Gasteiger partial charge in [-0.2, -0.15) is 0 Å². The van der Waals surface area contributed by atoms with Gasteiger partial charge in [-0.1, -0.05) is 0 Å². The van der Waals surface area contributed by atoms with Gasteiger partial charge in [0.15, 0.2) is 18.7 Å². The van der Waals surface area contributed by atoms with Crippen molar-refractivity contribution in [3.05, 3.63) is 10.1 Å². The Kier molecular flexibility index (Phi) is 5.59. The Balaban J connectivity index is 2.14. The Morgan fingerprint density at radius 3 is 2.35 bits per heavy atom. The lowest BCUT2D eigenvalue weighted by Gasteiger charge is -2.44. The maximum Gasteiger partial charge on any atom is 0.252 e. The third-order valence-corrected chi connectivity index (χ3v) is 4.64. The van der Waals surface area contributed by atoms with Crippen LogP contribution in [0.5, 0.6) is 0 Å². The van der Waals surface area contributed by atoms with E-state index < -0.39 is 48.6 Å². The number of rotatable bonds is 4. The van der Waals surface area contributed by atoms with E-state index in [1.165, 1.54) is 14.0 Å². The average molecular weight is 335 g/mol. The van der Waals surface area contributed by atoms with Crippen LogP contribution in [0.2, 0.25) is 0 Å². The quantitative estimate of drug-likeness (QED) is 0.546. The standard InChI is InChI=1S/C14H25NO8/c1-7-12(17)9(16)5-10(21-7)23-13-8(2)22-11(20-4)6-14(13,3)15(18)19/h7-13,16-17H,5-6H2,1-4H3/t7-,8-,9-,10-,11+,12+,13-,14+/m0/s1. The number of nitrogens with zero attached hydrogens (tertiary/aromatic N) is 1. The molecule has 8 atom stereocenters. The largest absolute Gasteiger partial charge is 0.390 e. The second kappa shape index (κ2) is 6.96. The molecule has 2 saturated heterocycles. The molecule has 0 unspecified atom stereocenters. The van der Waals surface area contributed by atoms with Gasteiger partial charge < -0.3 is 29.2 Å². The molecule has 2 heterocycles. The monoisotopic (exact) mass is 335 g/mol. The topological polar surface area (TPSA) is 121 Å². The van der Waals surface area contributed by atoms with Gasteiger partial charge in [0, 0.05) is 25.4 Å². The molecule has 0 spiro atoms. The summed E-state index contributed by atoms with van der Waals surface area (Å²) in [5.74, 6) is 0. The van der Waals surface area contributed by atoms with Gasteiger partial charge in [-0.15, -0.1) is 0 Å². The fraction of sp³-hybridized carbons (Fsp3) is 1.00. The molecule has 0 aliphatic carbocycles. The maximum atomic E-state index is 11.6. The number of aliphatic hydroxyl groups excluding tert-OH is 2. The first-order chi connectivity index (χ1) is 10.7. The predicted octanol–water partition coefficient (Wildman–Crippen LogP) is 0.0450. The van der Waals surface area contributed by atoms with E-state index in [-0.39, 0.29) is 17.8 Å². The molecule has 0 amide bonds. The Bertz CT molecular complexity index is 423. The molecule has 0 aromatic carbocycles. The lowest BCUT2D eigenvalue weighted by atomic mass is 9.85. The number of nitro groups is 1. The van der Waals surface area contributed by atoms with E-state index in [1.54, 1.807) is 13.8 Å². The molecule has 0 bridgehead atoms. The molecule has 0 saturated carbocycles. The smallest absolute Gasteiger partial charge is 0.252 e. The van der Waals surface area contributed by atoms with Crippen LogP contribution in [-0.2, 0) is 18.9 Å². The molecule has 0 radical (unpaired) electrons. The highest BCUT2D eigenvalue weighted by Crippen LogP contribution is 2.36. The summed E-state index contributed by atoms with van der Waals surface area (Å²) in [6.07, 6.45) is -5.55. The van der Waals surface area contributed by atoms with Crippen LogP contribution in [0.25, 0.3) is 0 Å². The van der Waals surface area contributed by atoms with E-state index in [4.69, 9.17) is 18.9 Å². The molecule has 2 N–H and O–H groups in total. The molecule has 2 fully saturated rings. The third kappa shape index (κ3) is 3.65. The summed E-state index contributed by atoms with van der Waals surface area (Å²) in [6.45, 7) is 4.77. The van der Waals surface area contributed by atoms with Crippen LogP contribution in [0, 0.1) is 10.1 Å². The molecule has 0 aromatic rings. The minimum atomic E-state index is -1.41. The zero-order chi connectivity index (χ0) is 17.4. The first-order valence-corrected chi connectivity index (χ1v) is 7.68. The first kappa shape index (κ1) is 18.5. The maximum absolute atomic E-state index is 11.6. The summed E-state index contributed by atoms with van der Waals surface area (Å²) < 4.78 is 22.0. The lowest BCUT2D eigenvalue weighted by molar-refractivity contribution is -0.598. The molecule has 2 aliphatic heterocycles. The Morgan fingerprint density at radius 2 is 1.83 bits per heavy atom. The number of hydrogen-bond donors (Lipinski definition) is 2. The number of hydrogen-bond acceptors (Lipinski definition) is 8. The Morgan fingerprint density at radius 1 is 1.22 bits per heavy atom. The molecule has 134 valence electrons. The van der Waals surface area contributed by atoms with Gasteiger partial charge in [-0.3, -0.25) is 10.1 Å².